The molecule has 0 aliphatic heterocycles. The summed E-state index contributed by atoms with van der Waals surface area (Å²) in [6.07, 6.45) is -0.507. The van der Waals surface area contributed by atoms with Crippen LogP contribution in [0.15, 0.2) is 91.0 Å². The summed E-state index contributed by atoms with van der Waals surface area (Å²) < 4.78 is 0. The largest absolute Gasteiger partial charge is 0.465 e. The Hall–Kier alpha value is -3.07. The van der Waals surface area contributed by atoms with E-state index < -0.39 is 11.6 Å². The molecule has 0 atom stereocenters. The minimum atomic E-state index is -1.04. The fraction of sp³-hybridized carbons (Fsp3) is 0.0952. The molecule has 3 rings (SSSR count). The van der Waals surface area contributed by atoms with Gasteiger partial charge in [0.25, 0.3) is 0 Å². The molecule has 0 saturated carbocycles. The number of amides is 1. The minimum absolute atomic E-state index is 0.536. The van der Waals surface area contributed by atoms with E-state index in [1.54, 1.807) is 0 Å². The highest BCUT2D eigenvalue weighted by Gasteiger charge is 2.36. The van der Waals surface area contributed by atoms with E-state index in [0.29, 0.717) is 6.42 Å². The second kappa shape index (κ2) is 7.01. The molecule has 24 heavy (non-hydrogen) atoms. The average Bonchev–Trinajstić information content (AvgIpc) is 2.63. The van der Waals surface area contributed by atoms with Gasteiger partial charge >= 0.3 is 6.09 Å². The lowest BCUT2D eigenvalue weighted by Crippen LogP contribution is -2.48. The highest BCUT2D eigenvalue weighted by molar-refractivity contribution is 5.68. The van der Waals surface area contributed by atoms with Crippen molar-refractivity contribution in [2.75, 3.05) is 0 Å². The van der Waals surface area contributed by atoms with Crippen molar-refractivity contribution in [1.29, 1.82) is 0 Å². The van der Waals surface area contributed by atoms with Gasteiger partial charge in [0.1, 0.15) is 0 Å². The van der Waals surface area contributed by atoms with Crippen molar-refractivity contribution in [2.24, 2.45) is 0 Å². The second-order valence-corrected chi connectivity index (χ2v) is 5.73. The fourth-order valence-electron chi connectivity index (χ4n) is 3.09. The van der Waals surface area contributed by atoms with Crippen molar-refractivity contribution in [2.45, 2.75) is 12.0 Å². The molecule has 0 heterocycles. The molecule has 0 saturated heterocycles. The van der Waals surface area contributed by atoms with Crippen LogP contribution >= 0.6 is 0 Å². The third kappa shape index (κ3) is 3.30. The third-order valence-electron chi connectivity index (χ3n) is 4.17. The van der Waals surface area contributed by atoms with E-state index in [-0.39, 0.29) is 0 Å². The van der Waals surface area contributed by atoms with E-state index in [1.165, 1.54) is 0 Å². The molecule has 0 unspecified atom stereocenters. The lowest BCUT2D eigenvalue weighted by molar-refractivity contribution is 0.182. The first-order valence-electron chi connectivity index (χ1n) is 7.87. The van der Waals surface area contributed by atoms with Gasteiger partial charge in [-0.3, -0.25) is 0 Å². The van der Waals surface area contributed by atoms with Gasteiger partial charge in [-0.1, -0.05) is 91.0 Å². The van der Waals surface area contributed by atoms with Gasteiger partial charge < -0.3 is 10.4 Å². The molecule has 0 spiro atoms. The quantitative estimate of drug-likeness (QED) is 0.731. The van der Waals surface area contributed by atoms with Crippen molar-refractivity contribution in [3.63, 3.8) is 0 Å². The van der Waals surface area contributed by atoms with Gasteiger partial charge in [-0.05, 0) is 16.7 Å². The number of hydrogen-bond acceptors (Lipinski definition) is 1. The molecule has 3 aromatic rings. The maximum atomic E-state index is 11.6. The lowest BCUT2D eigenvalue weighted by Gasteiger charge is -2.35. The van der Waals surface area contributed by atoms with Crippen molar-refractivity contribution in [1.82, 2.24) is 5.32 Å². The number of hydrogen-bond donors (Lipinski definition) is 2. The van der Waals surface area contributed by atoms with E-state index in [9.17, 15) is 9.90 Å². The number of carboxylic acid groups (broad SMARTS) is 1. The first kappa shape index (κ1) is 15.8. The van der Waals surface area contributed by atoms with Crippen LogP contribution < -0.4 is 5.32 Å². The van der Waals surface area contributed by atoms with Crippen molar-refractivity contribution < 1.29 is 9.90 Å². The van der Waals surface area contributed by atoms with Crippen LogP contribution in [0.4, 0.5) is 4.79 Å². The Kier molecular flexibility index (Phi) is 4.62. The summed E-state index contributed by atoms with van der Waals surface area (Å²) in [5.74, 6) is 0. The molecular formula is C21H19NO2. The van der Waals surface area contributed by atoms with Crippen LogP contribution in [0.1, 0.15) is 16.7 Å². The molecule has 3 nitrogen and oxygen atoms in total. The normalized spacial score (nSPS) is 11.0. The fourth-order valence-corrected chi connectivity index (χ4v) is 3.09. The number of carbonyl (C=O) groups is 1. The standard InChI is InChI=1S/C21H19NO2/c23-20(24)22-21(18-12-6-2-7-13-18,19-14-8-3-9-15-19)16-17-10-4-1-5-11-17/h1-15,22H,16H2,(H,23,24). The smallest absolute Gasteiger partial charge is 0.405 e. The zero-order valence-electron chi connectivity index (χ0n) is 13.2. The van der Waals surface area contributed by atoms with Crippen LogP contribution in [0.2, 0.25) is 0 Å². The predicted octanol–water partition coefficient (Wildman–Crippen LogP) is 4.44. The number of rotatable bonds is 5. The first-order chi connectivity index (χ1) is 11.7. The van der Waals surface area contributed by atoms with Crippen LogP contribution in [0, 0.1) is 0 Å². The topological polar surface area (TPSA) is 49.3 Å². The summed E-state index contributed by atoms with van der Waals surface area (Å²) in [5, 5.41) is 12.3. The van der Waals surface area contributed by atoms with Crippen LogP contribution in [-0.2, 0) is 12.0 Å². The number of nitrogens with one attached hydrogen (secondary N) is 1. The van der Waals surface area contributed by atoms with Gasteiger partial charge in [0, 0.05) is 6.42 Å². The molecule has 0 radical (unpaired) electrons. The molecular weight excluding hydrogens is 298 g/mol. The molecule has 0 bridgehead atoms. The molecule has 0 aromatic heterocycles. The maximum absolute atomic E-state index is 11.6. The summed E-state index contributed by atoms with van der Waals surface area (Å²) in [4.78, 5) is 11.6. The number of benzene rings is 3. The lowest BCUT2D eigenvalue weighted by atomic mass is 9.78. The molecule has 3 heteroatoms. The van der Waals surface area contributed by atoms with Crippen molar-refractivity contribution in [3.05, 3.63) is 108 Å². The van der Waals surface area contributed by atoms with Crippen LogP contribution in [0.25, 0.3) is 0 Å². The summed E-state index contributed by atoms with van der Waals surface area (Å²) >= 11 is 0. The summed E-state index contributed by atoms with van der Waals surface area (Å²) in [6, 6.07) is 29.4. The van der Waals surface area contributed by atoms with Gasteiger partial charge in [0.15, 0.2) is 0 Å². The van der Waals surface area contributed by atoms with Gasteiger partial charge in [0.05, 0.1) is 5.54 Å². The zero-order chi connectivity index (χ0) is 16.8. The first-order valence-corrected chi connectivity index (χ1v) is 7.87. The van der Waals surface area contributed by atoms with E-state index in [1.807, 2.05) is 91.0 Å². The maximum Gasteiger partial charge on any atom is 0.405 e. The highest BCUT2D eigenvalue weighted by atomic mass is 16.4. The highest BCUT2D eigenvalue weighted by Crippen LogP contribution is 2.33. The van der Waals surface area contributed by atoms with Gasteiger partial charge in [0.2, 0.25) is 0 Å². The molecule has 3 aromatic carbocycles. The summed E-state index contributed by atoms with van der Waals surface area (Å²) in [6.45, 7) is 0. The summed E-state index contributed by atoms with van der Waals surface area (Å²) in [5.41, 5.74) is 2.07. The van der Waals surface area contributed by atoms with E-state index in [0.717, 1.165) is 16.7 Å². The average molecular weight is 317 g/mol. The minimum Gasteiger partial charge on any atom is -0.465 e. The Morgan fingerprint density at radius 3 is 1.58 bits per heavy atom. The summed E-state index contributed by atoms with van der Waals surface area (Å²) in [7, 11) is 0. The van der Waals surface area contributed by atoms with Crippen molar-refractivity contribution in [3.8, 4) is 0 Å². The predicted molar refractivity (Wildman–Crippen MR) is 95.0 cm³/mol. The Labute approximate surface area is 141 Å². The molecule has 120 valence electrons. The molecule has 0 fully saturated rings. The molecule has 0 aliphatic carbocycles. The van der Waals surface area contributed by atoms with Crippen LogP contribution in [0.5, 0.6) is 0 Å². The Balaban J connectivity index is 2.18. The van der Waals surface area contributed by atoms with Crippen LogP contribution in [0.3, 0.4) is 0 Å². The third-order valence-corrected chi connectivity index (χ3v) is 4.17. The van der Waals surface area contributed by atoms with E-state index >= 15 is 0 Å². The second-order valence-electron chi connectivity index (χ2n) is 5.73. The SMILES string of the molecule is O=C(O)NC(Cc1ccccc1)(c1ccccc1)c1ccccc1. The Bertz CT molecular complexity index is 746. The Morgan fingerprint density at radius 1 is 0.750 bits per heavy atom. The van der Waals surface area contributed by atoms with Crippen LogP contribution in [-0.4, -0.2) is 11.2 Å². The van der Waals surface area contributed by atoms with Gasteiger partial charge in [-0.15, -0.1) is 0 Å². The van der Waals surface area contributed by atoms with E-state index in [4.69, 9.17) is 0 Å². The van der Waals surface area contributed by atoms with Crippen molar-refractivity contribution >= 4 is 6.09 Å². The van der Waals surface area contributed by atoms with Gasteiger partial charge in [-0.2, -0.15) is 0 Å². The van der Waals surface area contributed by atoms with E-state index in [2.05, 4.69) is 5.32 Å². The van der Waals surface area contributed by atoms with Gasteiger partial charge in [-0.25, -0.2) is 4.79 Å². The monoisotopic (exact) mass is 317 g/mol. The molecule has 2 N–H and O–H groups in total. The molecule has 1 amide bonds. The molecule has 0 aliphatic rings. The zero-order valence-corrected chi connectivity index (χ0v) is 13.2. The Morgan fingerprint density at radius 2 is 1.17 bits per heavy atom.